The second-order valence-electron chi connectivity index (χ2n) is 14.6. The van der Waals surface area contributed by atoms with Crippen LogP contribution >= 0.6 is 0 Å². The van der Waals surface area contributed by atoms with Gasteiger partial charge in [-0.3, -0.25) is 0 Å². The highest BCUT2D eigenvalue weighted by Crippen LogP contribution is 2.42. The van der Waals surface area contributed by atoms with Crippen LogP contribution in [0.5, 0.6) is 0 Å². The lowest BCUT2D eigenvalue weighted by Gasteiger charge is -2.26. The Morgan fingerprint density at radius 3 is 1.43 bits per heavy atom. The van der Waals surface area contributed by atoms with Gasteiger partial charge in [-0.2, -0.15) is 0 Å². The lowest BCUT2D eigenvalue weighted by molar-refractivity contribution is 1.28. The summed E-state index contributed by atoms with van der Waals surface area (Å²) < 4.78 is 178. The molecule has 0 amide bonds. The van der Waals surface area contributed by atoms with Crippen molar-refractivity contribution < 1.29 is 26.0 Å². The lowest BCUT2D eigenvalue weighted by atomic mass is 9.90. The third-order valence-electron chi connectivity index (χ3n) is 10.8. The molecule has 0 saturated heterocycles. The van der Waals surface area contributed by atoms with Gasteiger partial charge < -0.3 is 4.90 Å². The maximum atomic E-state index is 9.88. The second kappa shape index (κ2) is 16.7. The molecule has 0 atom stereocenters. The van der Waals surface area contributed by atoms with Crippen molar-refractivity contribution in [3.05, 3.63) is 260 Å². The van der Waals surface area contributed by atoms with Crippen LogP contribution in [0, 0.1) is 0 Å². The molecule has 1 heteroatoms. The molecule has 11 rings (SSSR count). The quantitative estimate of drug-likeness (QED) is 0.140. The van der Waals surface area contributed by atoms with E-state index in [4.69, 9.17) is 9.60 Å². The van der Waals surface area contributed by atoms with E-state index in [1.54, 1.807) is 30.3 Å². The first-order valence-electron chi connectivity index (χ1n) is 29.6. The van der Waals surface area contributed by atoms with Gasteiger partial charge in [0.1, 0.15) is 0 Å². The SMILES string of the molecule is [2H]c1c([2H])c(N(c2c([2H])c([2H])c(-c3ccc4ccccc4c3-c3ccccc3)c([2H])c2[2H])c2c([2H])c([2H])c(-c3c([2H])c([2H])c([2H])c4c([2H])c([2H])c([2H])c([2H])c34)c([2H])c2[2H])c([2H])c([2H])c1-c1ccc(-c2ccccc2)c(-c2ccccc2)c1. The number of hydrogen-bond donors (Lipinski definition) is 0. The highest BCUT2D eigenvalue weighted by molar-refractivity contribution is 6.04. The molecule has 63 heavy (non-hydrogen) atoms. The summed E-state index contributed by atoms with van der Waals surface area (Å²) in [5.41, 5.74) is 0.736. The summed E-state index contributed by atoms with van der Waals surface area (Å²) in [5.74, 6) is 0. The third kappa shape index (κ3) is 7.37. The Hall–Kier alpha value is -8.26. The molecule has 1 nitrogen and oxygen atoms in total. The van der Waals surface area contributed by atoms with E-state index in [9.17, 15) is 16.4 Å². The van der Waals surface area contributed by atoms with Crippen molar-refractivity contribution in [2.75, 3.05) is 4.90 Å². The number of benzene rings is 11. The van der Waals surface area contributed by atoms with Crippen molar-refractivity contribution >= 4 is 38.6 Å². The van der Waals surface area contributed by atoms with E-state index in [1.807, 2.05) is 115 Å². The van der Waals surface area contributed by atoms with Crippen LogP contribution in [0.3, 0.4) is 0 Å². The van der Waals surface area contributed by atoms with E-state index >= 15 is 0 Å². The molecule has 0 aliphatic carbocycles. The van der Waals surface area contributed by atoms with Crippen molar-refractivity contribution in [2.45, 2.75) is 0 Å². The highest BCUT2D eigenvalue weighted by atomic mass is 15.1. The van der Waals surface area contributed by atoms with Crippen molar-refractivity contribution in [2.24, 2.45) is 0 Å². The van der Waals surface area contributed by atoms with Gasteiger partial charge in [0.05, 0.1) is 26.0 Å². The molecule has 11 aromatic carbocycles. The molecule has 0 aromatic heterocycles. The molecule has 0 aliphatic rings. The van der Waals surface area contributed by atoms with Gasteiger partial charge in [-0.1, -0.05) is 218 Å². The molecule has 296 valence electrons. The van der Waals surface area contributed by atoms with E-state index in [2.05, 4.69) is 0 Å². The van der Waals surface area contributed by atoms with Gasteiger partial charge in [0.2, 0.25) is 0 Å². The maximum Gasteiger partial charge on any atom is 0.0645 e. The summed E-state index contributed by atoms with van der Waals surface area (Å²) in [6.07, 6.45) is 0. The predicted octanol–water partition coefficient (Wildman–Crippen LogP) is 17.5. The molecular weight excluding hydrogens is 759 g/mol. The summed E-state index contributed by atoms with van der Waals surface area (Å²) in [4.78, 5) is 0.667. The van der Waals surface area contributed by atoms with Crippen molar-refractivity contribution in [3.63, 3.8) is 0 Å². The zero-order chi connectivity index (χ0) is 58.5. The van der Waals surface area contributed by atoms with E-state index in [-0.39, 0.29) is 16.7 Å². The molecule has 0 spiro atoms. The zero-order valence-electron chi connectivity index (χ0n) is 52.3. The molecule has 0 saturated carbocycles. The van der Waals surface area contributed by atoms with Gasteiger partial charge in [-0.05, 0) is 131 Å². The molecule has 11 aromatic rings. The van der Waals surface area contributed by atoms with Crippen molar-refractivity contribution in [1.82, 2.24) is 0 Å². The van der Waals surface area contributed by atoms with Crippen LogP contribution < -0.4 is 4.90 Å². The summed E-state index contributed by atoms with van der Waals surface area (Å²) >= 11 is 0. The van der Waals surface area contributed by atoms with Crippen LogP contribution in [-0.2, 0) is 0 Å². The smallest absolute Gasteiger partial charge is 0.0645 e. The minimum Gasteiger partial charge on any atom is -0.311 e. The minimum absolute atomic E-state index is 0.176. The van der Waals surface area contributed by atoms with Crippen molar-refractivity contribution in [3.8, 4) is 66.8 Å². The van der Waals surface area contributed by atoms with Crippen LogP contribution in [0.4, 0.5) is 17.1 Å². The standard InChI is InChI=1S/C62H43N/c1-4-15-45(16-5-1)58-41-34-52(43-61(58)47-17-6-2-7-18-47)44-27-35-53(36-28-44)63(54-37-29-49(30-38-54)57-26-14-23-46-19-10-12-24-56(46)57)55-39-31-50(32-40-55)60-42-33-48-20-11-13-25-59(48)62(60)51-21-8-3-9-22-51/h1-43H/i10D,12D,14D,19D,23D,24D,26D,27D,28D,29D,30D,31D,32D,35D,36D,37D,38D,39D,40D. The minimum atomic E-state index is -1.04. The van der Waals surface area contributed by atoms with E-state index in [0.717, 1.165) is 27.5 Å². The average Bonchev–Trinajstić information content (AvgIpc) is 3.68. The fourth-order valence-corrected chi connectivity index (χ4v) is 7.81. The number of fused-ring (bicyclic) bond motifs is 2. The fraction of sp³-hybridized carbons (Fsp3) is 0. The first-order chi connectivity index (χ1) is 39.2. The van der Waals surface area contributed by atoms with E-state index in [0.29, 0.717) is 27.2 Å². The summed E-state index contributed by atoms with van der Waals surface area (Å²) in [6, 6.07) is 28.3. The Morgan fingerprint density at radius 2 is 0.778 bits per heavy atom. The van der Waals surface area contributed by atoms with Crippen molar-refractivity contribution in [1.29, 1.82) is 0 Å². The topological polar surface area (TPSA) is 3.24 Å². The average molecular weight is 821 g/mol. The van der Waals surface area contributed by atoms with Gasteiger partial charge in [-0.25, -0.2) is 0 Å². The van der Waals surface area contributed by atoms with Crippen LogP contribution in [0.25, 0.3) is 88.3 Å². The Labute approximate surface area is 396 Å². The molecule has 0 N–H and O–H groups in total. The summed E-state index contributed by atoms with van der Waals surface area (Å²) in [7, 11) is 0. The number of anilines is 3. The molecule has 0 aliphatic heterocycles. The lowest BCUT2D eigenvalue weighted by Crippen LogP contribution is -2.09. The van der Waals surface area contributed by atoms with Gasteiger partial charge in [0.25, 0.3) is 0 Å². The molecule has 0 heterocycles. The highest BCUT2D eigenvalue weighted by Gasteiger charge is 2.17. The van der Waals surface area contributed by atoms with Gasteiger partial charge in [0, 0.05) is 17.1 Å². The second-order valence-corrected chi connectivity index (χ2v) is 14.6. The first-order valence-corrected chi connectivity index (χ1v) is 20.1. The number of rotatable bonds is 9. The Kier molecular flexibility index (Phi) is 5.96. The van der Waals surface area contributed by atoms with Gasteiger partial charge in [0.15, 0.2) is 0 Å². The monoisotopic (exact) mass is 820 g/mol. The number of hydrogen-bond acceptors (Lipinski definition) is 1. The van der Waals surface area contributed by atoms with E-state index in [1.165, 1.54) is 0 Å². The molecule has 0 fully saturated rings. The Balaban J connectivity index is 1.23. The Bertz CT molecular complexity index is 4400. The summed E-state index contributed by atoms with van der Waals surface area (Å²) in [5, 5.41) is 0.472. The predicted molar refractivity (Wildman–Crippen MR) is 269 cm³/mol. The normalized spacial score (nSPS) is 15.4. The fourth-order valence-electron chi connectivity index (χ4n) is 7.81. The largest absolute Gasteiger partial charge is 0.311 e. The molecule has 0 bridgehead atoms. The Morgan fingerprint density at radius 1 is 0.270 bits per heavy atom. The van der Waals surface area contributed by atoms with Gasteiger partial charge in [-0.15, -0.1) is 0 Å². The first kappa shape index (κ1) is 22.5. The third-order valence-corrected chi connectivity index (χ3v) is 10.8. The van der Waals surface area contributed by atoms with Crippen LogP contribution in [0.1, 0.15) is 26.0 Å². The van der Waals surface area contributed by atoms with E-state index < -0.39 is 154 Å². The van der Waals surface area contributed by atoms with Crippen LogP contribution in [-0.4, -0.2) is 0 Å². The van der Waals surface area contributed by atoms with Crippen LogP contribution in [0.2, 0.25) is 0 Å². The molecule has 0 unspecified atom stereocenters. The molecular formula is C62H43N. The number of nitrogens with zero attached hydrogens (tertiary/aromatic N) is 1. The maximum absolute atomic E-state index is 9.88. The summed E-state index contributed by atoms with van der Waals surface area (Å²) in [6.45, 7) is 0. The van der Waals surface area contributed by atoms with Crippen LogP contribution in [0.15, 0.2) is 260 Å². The molecule has 0 radical (unpaired) electrons. The zero-order valence-corrected chi connectivity index (χ0v) is 33.3. The van der Waals surface area contributed by atoms with Gasteiger partial charge >= 0.3 is 0 Å².